The van der Waals surface area contributed by atoms with Crippen molar-refractivity contribution in [2.75, 3.05) is 0 Å². The number of imide groups is 1. The van der Waals surface area contributed by atoms with Gasteiger partial charge in [0.05, 0.1) is 19.3 Å². The van der Waals surface area contributed by atoms with Crippen LogP contribution in [0, 0.1) is 0 Å². The van der Waals surface area contributed by atoms with Crippen LogP contribution in [0.3, 0.4) is 0 Å². The quantitative estimate of drug-likeness (QED) is 0.244. The number of amides is 2. The smallest absolute Gasteiger partial charge is 0.420 e. The minimum absolute atomic E-state index is 0.185. The maximum Gasteiger partial charge on any atom is 0.420 e. The summed E-state index contributed by atoms with van der Waals surface area (Å²) in [5, 5.41) is 0. The minimum atomic E-state index is -1.23. The highest BCUT2D eigenvalue weighted by molar-refractivity contribution is 5.94. The summed E-state index contributed by atoms with van der Waals surface area (Å²) in [6, 6.07) is 18.4. The van der Waals surface area contributed by atoms with Gasteiger partial charge in [-0.2, -0.15) is 4.90 Å². The first-order valence-electron chi connectivity index (χ1n) is 15.0. The van der Waals surface area contributed by atoms with Crippen LogP contribution in [0.15, 0.2) is 60.7 Å². The molecule has 0 aromatic heterocycles. The second-order valence-electron chi connectivity index (χ2n) is 12.9. The van der Waals surface area contributed by atoms with Crippen LogP contribution in [0.5, 0.6) is 0 Å². The fourth-order valence-electron chi connectivity index (χ4n) is 4.75. The Bertz CT molecular complexity index is 1140. The molecule has 0 bridgehead atoms. The molecule has 3 rings (SSSR count). The molecule has 2 aromatic rings. The molecule has 236 valence electrons. The van der Waals surface area contributed by atoms with Gasteiger partial charge in [0.15, 0.2) is 0 Å². The highest BCUT2D eigenvalue weighted by Crippen LogP contribution is 2.27. The standard InChI is InChI=1S/C34H47NO8/c1-24-29(40-23-26-18-12-9-13-19-26)28(39-22-25-16-10-8-11-17-25)21-15-14-20-27(30(36)41-24)35(31(37)42-33(2,3)4)32(38)43-34(5,6)7/h8-13,16-19,24,27-29H,14-15,20-23H2,1-7H3/t24-,27?,28-,29-/m0/s1. The lowest BCUT2D eigenvalue weighted by atomic mass is 9.98. The molecule has 0 saturated carbocycles. The van der Waals surface area contributed by atoms with Gasteiger partial charge in [-0.05, 0) is 72.4 Å². The van der Waals surface area contributed by atoms with Crippen LogP contribution >= 0.6 is 0 Å². The van der Waals surface area contributed by atoms with Gasteiger partial charge < -0.3 is 23.7 Å². The highest BCUT2D eigenvalue weighted by atomic mass is 16.6. The molecule has 43 heavy (non-hydrogen) atoms. The van der Waals surface area contributed by atoms with Gasteiger partial charge >= 0.3 is 18.2 Å². The molecule has 9 nitrogen and oxygen atoms in total. The summed E-state index contributed by atoms with van der Waals surface area (Å²) < 4.78 is 29.8. The Morgan fingerprint density at radius 2 is 1.23 bits per heavy atom. The van der Waals surface area contributed by atoms with Crippen molar-refractivity contribution in [3.05, 3.63) is 71.8 Å². The summed E-state index contributed by atoms with van der Waals surface area (Å²) in [5.74, 6) is -0.735. The van der Waals surface area contributed by atoms with Crippen LogP contribution < -0.4 is 0 Å². The zero-order chi connectivity index (χ0) is 31.6. The van der Waals surface area contributed by atoms with Crippen molar-refractivity contribution in [2.45, 2.75) is 123 Å². The molecular formula is C34H47NO8. The number of carbonyl (C=O) groups excluding carboxylic acids is 3. The Balaban J connectivity index is 1.88. The highest BCUT2D eigenvalue weighted by Gasteiger charge is 2.43. The van der Waals surface area contributed by atoms with Gasteiger partial charge in [0.1, 0.15) is 29.5 Å². The zero-order valence-electron chi connectivity index (χ0n) is 26.5. The maximum absolute atomic E-state index is 13.8. The van der Waals surface area contributed by atoms with Crippen molar-refractivity contribution < 1.29 is 38.1 Å². The van der Waals surface area contributed by atoms with Gasteiger partial charge in [0.2, 0.25) is 0 Å². The molecule has 2 amide bonds. The van der Waals surface area contributed by atoms with Gasteiger partial charge in [-0.1, -0.05) is 73.5 Å². The van der Waals surface area contributed by atoms with Crippen molar-refractivity contribution in [2.24, 2.45) is 0 Å². The molecule has 1 unspecified atom stereocenters. The van der Waals surface area contributed by atoms with Gasteiger partial charge in [0.25, 0.3) is 0 Å². The Kier molecular flexibility index (Phi) is 12.2. The van der Waals surface area contributed by atoms with E-state index in [-0.39, 0.29) is 12.5 Å². The molecule has 2 aromatic carbocycles. The monoisotopic (exact) mass is 597 g/mol. The Labute approximate surface area is 255 Å². The first-order valence-corrected chi connectivity index (χ1v) is 15.0. The van der Waals surface area contributed by atoms with Crippen molar-refractivity contribution in [1.29, 1.82) is 0 Å². The second kappa shape index (κ2) is 15.3. The molecule has 1 saturated heterocycles. The van der Waals surface area contributed by atoms with Crippen LogP contribution in [-0.4, -0.2) is 58.6 Å². The van der Waals surface area contributed by atoms with E-state index < -0.39 is 47.6 Å². The lowest BCUT2D eigenvalue weighted by Crippen LogP contribution is -2.54. The predicted octanol–water partition coefficient (Wildman–Crippen LogP) is 7.20. The molecule has 0 radical (unpaired) electrons. The first kappa shape index (κ1) is 34.1. The number of rotatable bonds is 7. The van der Waals surface area contributed by atoms with Crippen molar-refractivity contribution in [3.63, 3.8) is 0 Å². The predicted molar refractivity (Wildman–Crippen MR) is 162 cm³/mol. The number of nitrogens with zero attached hydrogens (tertiary/aromatic N) is 1. The summed E-state index contributed by atoms with van der Waals surface area (Å²) in [6.45, 7) is 12.6. The fraction of sp³-hybridized carbons (Fsp3) is 0.559. The van der Waals surface area contributed by atoms with Gasteiger partial charge in [-0.15, -0.1) is 0 Å². The molecule has 0 aliphatic carbocycles. The van der Waals surface area contributed by atoms with E-state index in [1.807, 2.05) is 60.7 Å². The molecule has 1 fully saturated rings. The topological polar surface area (TPSA) is 101 Å². The third-order valence-corrected chi connectivity index (χ3v) is 6.70. The second-order valence-corrected chi connectivity index (χ2v) is 12.9. The van der Waals surface area contributed by atoms with Gasteiger partial charge in [0, 0.05) is 0 Å². The number of cyclic esters (lactones) is 1. The Morgan fingerprint density at radius 3 is 1.72 bits per heavy atom. The van der Waals surface area contributed by atoms with Crippen molar-refractivity contribution in [3.8, 4) is 0 Å². The Morgan fingerprint density at radius 1 is 0.767 bits per heavy atom. The molecule has 1 heterocycles. The number of ether oxygens (including phenoxy) is 5. The summed E-state index contributed by atoms with van der Waals surface area (Å²) >= 11 is 0. The van der Waals surface area contributed by atoms with E-state index in [4.69, 9.17) is 23.7 Å². The number of hydrogen-bond acceptors (Lipinski definition) is 8. The van der Waals surface area contributed by atoms with Gasteiger partial charge in [-0.3, -0.25) is 0 Å². The average molecular weight is 598 g/mol. The van der Waals surface area contributed by atoms with Crippen LogP contribution in [0.25, 0.3) is 0 Å². The number of carbonyl (C=O) groups is 3. The maximum atomic E-state index is 13.8. The summed E-state index contributed by atoms with van der Waals surface area (Å²) in [5.41, 5.74) is 0.198. The van der Waals surface area contributed by atoms with Crippen LogP contribution in [-0.2, 0) is 41.7 Å². The molecule has 0 N–H and O–H groups in total. The third-order valence-electron chi connectivity index (χ3n) is 6.70. The normalized spacial score (nSPS) is 21.8. The summed E-state index contributed by atoms with van der Waals surface area (Å²) in [7, 11) is 0. The van der Waals surface area contributed by atoms with E-state index in [2.05, 4.69) is 0 Å². The number of benzene rings is 2. The lowest BCUT2D eigenvalue weighted by molar-refractivity contribution is -0.177. The van der Waals surface area contributed by atoms with E-state index in [1.165, 1.54) is 0 Å². The summed E-state index contributed by atoms with van der Waals surface area (Å²) in [6.07, 6.45) is -1.66. The van der Waals surface area contributed by atoms with Crippen molar-refractivity contribution in [1.82, 2.24) is 4.90 Å². The minimum Gasteiger partial charge on any atom is -0.458 e. The first-order chi connectivity index (χ1) is 20.2. The van der Waals surface area contributed by atoms with E-state index >= 15 is 0 Å². The summed E-state index contributed by atoms with van der Waals surface area (Å²) in [4.78, 5) is 41.1. The molecule has 0 spiro atoms. The van der Waals surface area contributed by atoms with E-state index in [0.717, 1.165) is 16.0 Å². The molecule has 1 aliphatic rings. The zero-order valence-corrected chi connectivity index (χ0v) is 26.5. The van der Waals surface area contributed by atoms with Crippen LogP contribution in [0.2, 0.25) is 0 Å². The van der Waals surface area contributed by atoms with E-state index in [0.29, 0.717) is 32.5 Å². The number of hydrogen-bond donors (Lipinski definition) is 0. The fourth-order valence-corrected chi connectivity index (χ4v) is 4.75. The molecular weight excluding hydrogens is 550 g/mol. The molecule has 9 heteroatoms. The lowest BCUT2D eigenvalue weighted by Gasteiger charge is -2.36. The van der Waals surface area contributed by atoms with E-state index in [9.17, 15) is 14.4 Å². The Hall–Kier alpha value is -3.43. The third kappa shape index (κ3) is 11.3. The molecule has 4 atom stereocenters. The van der Waals surface area contributed by atoms with Crippen LogP contribution in [0.1, 0.15) is 85.3 Å². The average Bonchev–Trinajstić information content (AvgIpc) is 2.91. The SMILES string of the molecule is C[C@@H]1OC(=O)C(N(C(=O)OC(C)(C)C)C(=O)OC(C)(C)C)CCCC[C@H](OCc2ccccc2)[C@H]1OCc1ccccc1. The largest absolute Gasteiger partial charge is 0.458 e. The van der Waals surface area contributed by atoms with E-state index in [1.54, 1.807) is 48.5 Å². The van der Waals surface area contributed by atoms with Crippen molar-refractivity contribution >= 4 is 18.2 Å². The number of esters is 1. The van der Waals surface area contributed by atoms with Crippen LogP contribution in [0.4, 0.5) is 9.59 Å². The molecule has 1 aliphatic heterocycles. The van der Waals surface area contributed by atoms with Gasteiger partial charge in [-0.25, -0.2) is 14.4 Å².